The number of rotatable bonds is 3. The number of aliphatic carboxylic acids is 1. The third-order valence-electron chi connectivity index (χ3n) is 5.95. The second-order valence-electron chi connectivity index (χ2n) is 7.98. The Morgan fingerprint density at radius 1 is 1.31 bits per heavy atom. The predicted molar refractivity (Wildman–Crippen MR) is 96.0 cm³/mol. The van der Waals surface area contributed by atoms with Gasteiger partial charge in [-0.2, -0.15) is 5.10 Å². The highest BCUT2D eigenvalue weighted by Gasteiger charge is 2.59. The summed E-state index contributed by atoms with van der Waals surface area (Å²) in [4.78, 5) is 30.8. The van der Waals surface area contributed by atoms with Crippen LogP contribution in [0, 0.1) is 18.3 Å². The normalized spacial score (nSPS) is 21.5. The monoisotopic (exact) mass is 356 g/mol. The minimum Gasteiger partial charge on any atom is -0.481 e. The summed E-state index contributed by atoms with van der Waals surface area (Å²) >= 11 is 0. The molecule has 26 heavy (non-hydrogen) atoms. The first-order valence-electron chi connectivity index (χ1n) is 9.19. The van der Waals surface area contributed by atoms with Crippen LogP contribution in [0.15, 0.2) is 12.3 Å². The number of carboxylic acid groups (broad SMARTS) is 1. The van der Waals surface area contributed by atoms with Crippen molar-refractivity contribution in [2.45, 2.75) is 46.1 Å². The van der Waals surface area contributed by atoms with Crippen molar-refractivity contribution in [2.75, 3.05) is 13.1 Å². The minimum atomic E-state index is -0.697. The molecule has 1 aliphatic carbocycles. The Balaban J connectivity index is 1.59. The number of piperidine rings is 1. The van der Waals surface area contributed by atoms with Gasteiger partial charge in [0, 0.05) is 24.8 Å². The largest absolute Gasteiger partial charge is 0.481 e. The summed E-state index contributed by atoms with van der Waals surface area (Å²) in [7, 11) is 0. The summed E-state index contributed by atoms with van der Waals surface area (Å²) in [6, 6.07) is 2.00. The summed E-state index contributed by atoms with van der Waals surface area (Å²) in [6.45, 7) is 7.20. The maximum Gasteiger partial charge on any atom is 0.307 e. The summed E-state index contributed by atoms with van der Waals surface area (Å²) in [5.41, 5.74) is 2.10. The van der Waals surface area contributed by atoms with E-state index in [1.807, 2.05) is 36.4 Å². The second kappa shape index (κ2) is 5.79. The zero-order valence-electron chi connectivity index (χ0n) is 15.4. The smallest absolute Gasteiger partial charge is 0.307 e. The molecule has 4 rings (SSSR count). The first kappa shape index (κ1) is 17.0. The molecule has 2 aromatic rings. The number of carbonyl (C=O) groups is 2. The fourth-order valence-electron chi connectivity index (χ4n) is 4.27. The fourth-order valence-corrected chi connectivity index (χ4v) is 4.27. The first-order chi connectivity index (χ1) is 12.3. The number of hydrogen-bond acceptors (Lipinski definition) is 4. The van der Waals surface area contributed by atoms with Gasteiger partial charge in [0.25, 0.3) is 5.91 Å². The maximum absolute atomic E-state index is 13.1. The number of hydrogen-bond donors (Lipinski definition) is 1. The molecule has 7 nitrogen and oxygen atoms in total. The Kier molecular flexibility index (Phi) is 3.78. The predicted octanol–water partition coefficient (Wildman–Crippen LogP) is 2.65. The van der Waals surface area contributed by atoms with Crippen LogP contribution in [-0.4, -0.2) is 49.7 Å². The molecule has 1 atom stereocenters. The Labute approximate surface area is 152 Å². The number of amides is 1. The molecule has 1 saturated carbocycles. The number of nitrogens with zero attached hydrogens (tertiary/aromatic N) is 4. The van der Waals surface area contributed by atoms with E-state index in [2.05, 4.69) is 10.1 Å². The van der Waals surface area contributed by atoms with Gasteiger partial charge in [0.2, 0.25) is 0 Å². The lowest BCUT2D eigenvalue weighted by Crippen LogP contribution is -2.40. The van der Waals surface area contributed by atoms with Crippen LogP contribution >= 0.6 is 0 Å². The van der Waals surface area contributed by atoms with E-state index in [0.29, 0.717) is 18.7 Å². The molecule has 1 amide bonds. The van der Waals surface area contributed by atoms with E-state index in [9.17, 15) is 14.7 Å². The van der Waals surface area contributed by atoms with E-state index in [4.69, 9.17) is 0 Å². The molecular formula is C19H24N4O3. The van der Waals surface area contributed by atoms with Crippen LogP contribution < -0.4 is 0 Å². The molecule has 7 heteroatoms. The molecule has 1 N–H and O–H groups in total. The van der Waals surface area contributed by atoms with E-state index in [1.54, 1.807) is 6.20 Å². The van der Waals surface area contributed by atoms with Crippen molar-refractivity contribution in [1.29, 1.82) is 0 Å². The lowest BCUT2D eigenvalue weighted by Gasteiger charge is -2.32. The average molecular weight is 356 g/mol. The summed E-state index contributed by atoms with van der Waals surface area (Å²) in [6.07, 6.45) is 4.02. The van der Waals surface area contributed by atoms with E-state index in [-0.39, 0.29) is 23.3 Å². The van der Waals surface area contributed by atoms with Gasteiger partial charge in [0.15, 0.2) is 5.65 Å². The molecule has 0 radical (unpaired) electrons. The first-order valence-corrected chi connectivity index (χ1v) is 9.19. The molecule has 1 spiro atoms. The van der Waals surface area contributed by atoms with Gasteiger partial charge in [-0.3, -0.25) is 9.59 Å². The van der Waals surface area contributed by atoms with Crippen molar-refractivity contribution in [3.8, 4) is 0 Å². The van der Waals surface area contributed by atoms with Crippen LogP contribution in [0.4, 0.5) is 0 Å². The van der Waals surface area contributed by atoms with Gasteiger partial charge in [-0.05, 0) is 51.5 Å². The van der Waals surface area contributed by atoms with Crippen molar-refractivity contribution in [3.63, 3.8) is 0 Å². The topological polar surface area (TPSA) is 88.3 Å². The van der Waals surface area contributed by atoms with Crippen molar-refractivity contribution in [1.82, 2.24) is 19.7 Å². The number of likely N-dealkylation sites (tertiary alicyclic amines) is 1. The lowest BCUT2D eigenvalue weighted by molar-refractivity contribution is -0.139. The van der Waals surface area contributed by atoms with E-state index < -0.39 is 5.97 Å². The van der Waals surface area contributed by atoms with Gasteiger partial charge in [0.1, 0.15) is 0 Å². The summed E-state index contributed by atoms with van der Waals surface area (Å²) < 4.78 is 1.84. The van der Waals surface area contributed by atoms with E-state index >= 15 is 0 Å². The molecule has 0 bridgehead atoms. The molecular weight excluding hydrogens is 332 g/mol. The number of carbonyl (C=O) groups excluding carboxylic acids is 1. The van der Waals surface area contributed by atoms with Crippen LogP contribution in [0.1, 0.15) is 55.2 Å². The highest BCUT2D eigenvalue weighted by molar-refractivity contribution is 6.05. The number of aryl methyl sites for hydroxylation is 1. The third kappa shape index (κ3) is 2.57. The number of pyridine rings is 1. The summed E-state index contributed by atoms with van der Waals surface area (Å²) in [5.74, 6) is -0.928. The van der Waals surface area contributed by atoms with Gasteiger partial charge >= 0.3 is 5.97 Å². The quantitative estimate of drug-likeness (QED) is 0.913. The molecule has 1 unspecified atom stereocenters. The molecule has 2 fully saturated rings. The van der Waals surface area contributed by atoms with Crippen LogP contribution in [-0.2, 0) is 4.79 Å². The van der Waals surface area contributed by atoms with Crippen LogP contribution in [0.25, 0.3) is 11.0 Å². The Hall–Kier alpha value is -2.44. The lowest BCUT2D eigenvalue weighted by atomic mass is 9.90. The van der Waals surface area contributed by atoms with Crippen molar-refractivity contribution in [3.05, 3.63) is 23.5 Å². The van der Waals surface area contributed by atoms with Gasteiger partial charge in [-0.15, -0.1) is 0 Å². The Morgan fingerprint density at radius 2 is 2.00 bits per heavy atom. The number of carboxylic acids is 1. The van der Waals surface area contributed by atoms with Crippen LogP contribution in [0.5, 0.6) is 0 Å². The SMILES string of the molecule is Cc1cc(C(=O)N2CCC3(CC2)CC3C(=O)O)c2cnn(C(C)C)c2n1. The van der Waals surface area contributed by atoms with Gasteiger partial charge in [-0.25, -0.2) is 9.67 Å². The van der Waals surface area contributed by atoms with E-state index in [0.717, 1.165) is 36.0 Å². The maximum atomic E-state index is 13.1. The highest BCUT2D eigenvalue weighted by Crippen LogP contribution is 2.59. The standard InChI is InChI=1S/C19H24N4O3/c1-11(2)23-16-14(10-20-23)13(8-12(3)21-16)17(24)22-6-4-19(5-7-22)9-15(19)18(25)26/h8,10-11,15H,4-7,9H2,1-3H3,(H,25,26). The molecule has 2 aliphatic rings. The van der Waals surface area contributed by atoms with Gasteiger partial charge in [-0.1, -0.05) is 0 Å². The van der Waals surface area contributed by atoms with Crippen LogP contribution in [0.2, 0.25) is 0 Å². The number of aromatic nitrogens is 3. The highest BCUT2D eigenvalue weighted by atomic mass is 16.4. The fraction of sp³-hybridized carbons (Fsp3) is 0.579. The third-order valence-corrected chi connectivity index (χ3v) is 5.95. The van der Waals surface area contributed by atoms with Gasteiger partial charge in [0.05, 0.1) is 23.1 Å². The second-order valence-corrected chi connectivity index (χ2v) is 7.98. The average Bonchev–Trinajstić information content (AvgIpc) is 3.12. The van der Waals surface area contributed by atoms with E-state index in [1.165, 1.54) is 0 Å². The molecule has 0 aromatic carbocycles. The van der Waals surface area contributed by atoms with Crippen molar-refractivity contribution in [2.24, 2.45) is 11.3 Å². The molecule has 3 heterocycles. The van der Waals surface area contributed by atoms with Crippen LogP contribution in [0.3, 0.4) is 0 Å². The molecule has 2 aromatic heterocycles. The molecule has 138 valence electrons. The molecule has 1 saturated heterocycles. The van der Waals surface area contributed by atoms with Crippen molar-refractivity contribution >= 4 is 22.9 Å². The minimum absolute atomic E-state index is 0.00817. The Bertz CT molecular complexity index is 894. The zero-order valence-corrected chi connectivity index (χ0v) is 15.4. The Morgan fingerprint density at radius 3 is 2.58 bits per heavy atom. The number of fused-ring (bicyclic) bond motifs is 1. The van der Waals surface area contributed by atoms with Crippen molar-refractivity contribution < 1.29 is 14.7 Å². The zero-order chi connectivity index (χ0) is 18.6. The molecule has 1 aliphatic heterocycles. The van der Waals surface area contributed by atoms with Gasteiger partial charge < -0.3 is 10.0 Å². The summed E-state index contributed by atoms with van der Waals surface area (Å²) in [5, 5.41) is 14.4.